The van der Waals surface area contributed by atoms with Crippen molar-refractivity contribution in [1.82, 2.24) is 10.3 Å². The standard InChI is InChI=1S/C14H18N2.C2HF3O2/c1-3-11-14-10(7-8-15-11)13-9(2)5-4-6-12(13)16-14;3-2(4,5)1(6)7/h4-6,11,15-16H,3,7-8H2,1-2H3;(H,6,7). The molecule has 126 valence electrons. The Hall–Kier alpha value is -2.02. The maximum Gasteiger partial charge on any atom is 0.490 e. The Bertz CT molecular complexity index is 707. The number of fused-ring (bicyclic) bond motifs is 3. The highest BCUT2D eigenvalue weighted by Gasteiger charge is 2.38. The number of aromatic amines is 1. The molecule has 23 heavy (non-hydrogen) atoms. The van der Waals surface area contributed by atoms with Crippen LogP contribution in [0.25, 0.3) is 10.9 Å². The van der Waals surface area contributed by atoms with Gasteiger partial charge in [0.1, 0.15) is 0 Å². The minimum Gasteiger partial charge on any atom is -0.475 e. The van der Waals surface area contributed by atoms with E-state index in [1.165, 1.54) is 22.2 Å². The summed E-state index contributed by atoms with van der Waals surface area (Å²) in [6.07, 6.45) is -2.78. The van der Waals surface area contributed by atoms with Gasteiger partial charge < -0.3 is 15.4 Å². The SMILES string of the molecule is CCC1NCCc2c1[nH]c1cccc(C)c21.O=C(O)C(F)(F)F. The van der Waals surface area contributed by atoms with Gasteiger partial charge in [0.15, 0.2) is 0 Å². The fraction of sp³-hybridized carbons (Fsp3) is 0.438. The van der Waals surface area contributed by atoms with Crippen molar-refractivity contribution in [2.24, 2.45) is 0 Å². The number of benzene rings is 1. The van der Waals surface area contributed by atoms with Gasteiger partial charge in [0.25, 0.3) is 0 Å². The maximum absolute atomic E-state index is 10.6. The number of halogens is 3. The second-order valence-electron chi connectivity index (χ2n) is 5.48. The lowest BCUT2D eigenvalue weighted by molar-refractivity contribution is -0.192. The number of aromatic nitrogens is 1. The van der Waals surface area contributed by atoms with Gasteiger partial charge in [0.2, 0.25) is 0 Å². The van der Waals surface area contributed by atoms with Crippen molar-refractivity contribution in [2.75, 3.05) is 6.54 Å². The number of rotatable bonds is 1. The summed E-state index contributed by atoms with van der Waals surface area (Å²) in [5.74, 6) is -2.76. The van der Waals surface area contributed by atoms with Crippen molar-refractivity contribution in [1.29, 1.82) is 0 Å². The number of aliphatic carboxylic acids is 1. The molecule has 4 nitrogen and oxygen atoms in total. The van der Waals surface area contributed by atoms with Crippen molar-refractivity contribution >= 4 is 16.9 Å². The number of aryl methyl sites for hydroxylation is 1. The Balaban J connectivity index is 0.000000236. The topological polar surface area (TPSA) is 65.1 Å². The molecule has 0 radical (unpaired) electrons. The number of alkyl halides is 3. The van der Waals surface area contributed by atoms with Crippen molar-refractivity contribution in [2.45, 2.75) is 38.9 Å². The van der Waals surface area contributed by atoms with E-state index in [4.69, 9.17) is 9.90 Å². The third-order valence-corrected chi connectivity index (χ3v) is 3.93. The minimum absolute atomic E-state index is 0.510. The Morgan fingerprint density at radius 2 is 2.04 bits per heavy atom. The summed E-state index contributed by atoms with van der Waals surface area (Å²) in [5, 5.41) is 12.2. The number of hydrogen-bond acceptors (Lipinski definition) is 2. The lowest BCUT2D eigenvalue weighted by Gasteiger charge is -2.23. The second-order valence-corrected chi connectivity index (χ2v) is 5.48. The zero-order chi connectivity index (χ0) is 17.2. The van der Waals surface area contributed by atoms with Crippen LogP contribution in [0.3, 0.4) is 0 Å². The van der Waals surface area contributed by atoms with Crippen LogP contribution < -0.4 is 5.32 Å². The quantitative estimate of drug-likeness (QED) is 0.748. The van der Waals surface area contributed by atoms with Gasteiger partial charge in [0.05, 0.1) is 0 Å². The molecule has 0 aliphatic carbocycles. The van der Waals surface area contributed by atoms with Gasteiger partial charge in [-0.2, -0.15) is 13.2 Å². The molecule has 0 spiro atoms. The fourth-order valence-electron chi connectivity index (χ4n) is 2.91. The summed E-state index contributed by atoms with van der Waals surface area (Å²) in [4.78, 5) is 12.5. The zero-order valence-corrected chi connectivity index (χ0v) is 12.9. The molecule has 3 N–H and O–H groups in total. The molecule has 0 fully saturated rings. The average molecular weight is 328 g/mol. The molecule has 2 aromatic rings. The summed E-state index contributed by atoms with van der Waals surface area (Å²) in [6, 6.07) is 7.04. The molecule has 0 saturated heterocycles. The number of carboxylic acids is 1. The average Bonchev–Trinajstić information content (AvgIpc) is 2.86. The molecule has 0 bridgehead atoms. The van der Waals surface area contributed by atoms with Crippen molar-refractivity contribution in [3.05, 3.63) is 35.0 Å². The normalized spacial score (nSPS) is 17.3. The minimum atomic E-state index is -5.08. The molecule has 0 saturated carbocycles. The maximum atomic E-state index is 10.6. The molecule has 1 aliphatic rings. The highest BCUT2D eigenvalue weighted by Crippen LogP contribution is 2.32. The van der Waals surface area contributed by atoms with E-state index in [0.717, 1.165) is 19.4 Å². The zero-order valence-electron chi connectivity index (χ0n) is 12.9. The van der Waals surface area contributed by atoms with Gasteiger partial charge >= 0.3 is 12.1 Å². The van der Waals surface area contributed by atoms with Gasteiger partial charge in [-0.05, 0) is 43.5 Å². The third kappa shape index (κ3) is 3.67. The lowest BCUT2D eigenvalue weighted by atomic mass is 9.96. The largest absolute Gasteiger partial charge is 0.490 e. The Morgan fingerprint density at radius 3 is 2.61 bits per heavy atom. The van der Waals surface area contributed by atoms with E-state index in [0.29, 0.717) is 6.04 Å². The van der Waals surface area contributed by atoms with E-state index in [1.54, 1.807) is 5.56 Å². The van der Waals surface area contributed by atoms with Crippen LogP contribution in [0.2, 0.25) is 0 Å². The number of H-pyrrole nitrogens is 1. The molecular formula is C16H19F3N2O2. The van der Waals surface area contributed by atoms with E-state index in [1.807, 2.05) is 0 Å². The van der Waals surface area contributed by atoms with Crippen LogP contribution in [0.15, 0.2) is 18.2 Å². The van der Waals surface area contributed by atoms with Crippen LogP contribution in [0.4, 0.5) is 13.2 Å². The van der Waals surface area contributed by atoms with E-state index >= 15 is 0 Å². The van der Waals surface area contributed by atoms with Crippen LogP contribution in [0.1, 0.15) is 36.2 Å². The van der Waals surface area contributed by atoms with E-state index < -0.39 is 12.1 Å². The van der Waals surface area contributed by atoms with Crippen LogP contribution >= 0.6 is 0 Å². The highest BCUT2D eigenvalue weighted by atomic mass is 19.4. The predicted octanol–water partition coefficient (Wildman–Crippen LogP) is 3.71. The van der Waals surface area contributed by atoms with E-state index in [-0.39, 0.29) is 0 Å². The first kappa shape index (κ1) is 17.3. The summed E-state index contributed by atoms with van der Waals surface area (Å²) >= 11 is 0. The number of carboxylic acid groups (broad SMARTS) is 1. The number of nitrogens with one attached hydrogen (secondary N) is 2. The predicted molar refractivity (Wildman–Crippen MR) is 81.5 cm³/mol. The Morgan fingerprint density at radius 1 is 1.39 bits per heavy atom. The molecule has 1 atom stereocenters. The van der Waals surface area contributed by atoms with Crippen molar-refractivity contribution < 1.29 is 23.1 Å². The summed E-state index contributed by atoms with van der Waals surface area (Å²) in [7, 11) is 0. The third-order valence-electron chi connectivity index (χ3n) is 3.93. The molecule has 1 unspecified atom stereocenters. The molecule has 0 amide bonds. The number of carbonyl (C=O) groups is 1. The van der Waals surface area contributed by atoms with Crippen LogP contribution in [0.5, 0.6) is 0 Å². The first-order valence-corrected chi connectivity index (χ1v) is 7.39. The fourth-order valence-corrected chi connectivity index (χ4v) is 2.91. The van der Waals surface area contributed by atoms with Crippen LogP contribution in [-0.2, 0) is 11.2 Å². The van der Waals surface area contributed by atoms with Crippen molar-refractivity contribution in [3.8, 4) is 0 Å². The molecule has 1 aromatic heterocycles. The Labute approximate surface area is 131 Å². The summed E-state index contributed by atoms with van der Waals surface area (Å²) < 4.78 is 31.7. The second kappa shape index (κ2) is 6.62. The first-order valence-electron chi connectivity index (χ1n) is 7.39. The van der Waals surface area contributed by atoms with Gasteiger partial charge in [-0.25, -0.2) is 4.79 Å². The van der Waals surface area contributed by atoms with E-state index in [9.17, 15) is 13.2 Å². The smallest absolute Gasteiger partial charge is 0.475 e. The summed E-state index contributed by atoms with van der Waals surface area (Å²) in [6.45, 7) is 5.55. The summed E-state index contributed by atoms with van der Waals surface area (Å²) in [5.41, 5.74) is 5.65. The van der Waals surface area contributed by atoms with Gasteiger partial charge in [-0.15, -0.1) is 0 Å². The number of hydrogen-bond donors (Lipinski definition) is 3. The Kier molecular flexibility index (Phi) is 4.99. The van der Waals surface area contributed by atoms with Gasteiger partial charge in [0, 0.05) is 22.6 Å². The van der Waals surface area contributed by atoms with Crippen LogP contribution in [0, 0.1) is 6.92 Å². The van der Waals surface area contributed by atoms with Gasteiger partial charge in [-0.3, -0.25) is 0 Å². The molecule has 2 heterocycles. The molecule has 1 aromatic carbocycles. The monoisotopic (exact) mass is 328 g/mol. The van der Waals surface area contributed by atoms with Crippen LogP contribution in [-0.4, -0.2) is 28.8 Å². The van der Waals surface area contributed by atoms with E-state index in [2.05, 4.69) is 42.3 Å². The molecule has 3 rings (SSSR count). The highest BCUT2D eigenvalue weighted by molar-refractivity contribution is 5.88. The molecule has 1 aliphatic heterocycles. The molecule has 7 heteroatoms. The van der Waals surface area contributed by atoms with Crippen molar-refractivity contribution in [3.63, 3.8) is 0 Å². The lowest BCUT2D eigenvalue weighted by Crippen LogP contribution is -2.29. The molecular weight excluding hydrogens is 309 g/mol. The first-order chi connectivity index (χ1) is 10.8. The van der Waals surface area contributed by atoms with Gasteiger partial charge in [-0.1, -0.05) is 19.1 Å².